The molecule has 1 fully saturated rings. The summed E-state index contributed by atoms with van der Waals surface area (Å²) in [6.45, 7) is 0.712. The summed E-state index contributed by atoms with van der Waals surface area (Å²) in [7, 11) is 0. The molecular formula is C18H20F3N5O3. The Kier molecular flexibility index (Phi) is 7.19. The highest BCUT2D eigenvalue weighted by Crippen LogP contribution is 2.32. The van der Waals surface area contributed by atoms with Gasteiger partial charge in [-0.15, -0.1) is 0 Å². The van der Waals surface area contributed by atoms with Gasteiger partial charge in [-0.1, -0.05) is 12.1 Å². The van der Waals surface area contributed by atoms with Crippen molar-refractivity contribution in [2.45, 2.75) is 24.7 Å². The maximum atomic E-state index is 12.5. The van der Waals surface area contributed by atoms with Gasteiger partial charge in [0.1, 0.15) is 5.84 Å². The van der Waals surface area contributed by atoms with Gasteiger partial charge in [0.2, 0.25) is 0 Å². The van der Waals surface area contributed by atoms with E-state index in [0.29, 0.717) is 13.0 Å². The molecule has 0 aliphatic carbocycles. The molecule has 8 nitrogen and oxygen atoms in total. The molecule has 29 heavy (non-hydrogen) atoms. The summed E-state index contributed by atoms with van der Waals surface area (Å²) in [5, 5.41) is 31.8. The number of hydrogen-bond acceptors (Lipinski definition) is 6. The number of nitrogens with two attached hydrogens (primary N) is 1. The molecule has 0 bridgehead atoms. The summed E-state index contributed by atoms with van der Waals surface area (Å²) in [4.78, 5) is 11.7. The average molecular weight is 411 g/mol. The van der Waals surface area contributed by atoms with Crippen LogP contribution in [0.25, 0.3) is 0 Å². The van der Waals surface area contributed by atoms with E-state index >= 15 is 0 Å². The number of aliphatic hydroxyl groups excluding tert-OH is 1. The van der Waals surface area contributed by atoms with Gasteiger partial charge in [-0.25, -0.2) is 0 Å². The number of ether oxygens (including phenoxy) is 1. The van der Waals surface area contributed by atoms with E-state index in [-0.39, 0.29) is 41.2 Å². The van der Waals surface area contributed by atoms with Crippen LogP contribution in [-0.2, 0) is 9.53 Å². The molecule has 2 rings (SSSR count). The number of amides is 1. The predicted molar refractivity (Wildman–Crippen MR) is 97.5 cm³/mol. The van der Waals surface area contributed by atoms with Crippen LogP contribution in [0.2, 0.25) is 0 Å². The Morgan fingerprint density at radius 2 is 2.07 bits per heavy atom. The summed E-state index contributed by atoms with van der Waals surface area (Å²) < 4.78 is 42.9. The van der Waals surface area contributed by atoms with Crippen LogP contribution >= 0.6 is 0 Å². The van der Waals surface area contributed by atoms with Crippen molar-refractivity contribution in [3.63, 3.8) is 0 Å². The maximum absolute atomic E-state index is 12.5. The van der Waals surface area contributed by atoms with Crippen LogP contribution in [0, 0.1) is 22.7 Å². The highest BCUT2D eigenvalue weighted by Gasteiger charge is 2.39. The number of nitrogens with zero attached hydrogens (tertiary/aromatic N) is 1. The molecule has 6 N–H and O–H groups in total. The van der Waals surface area contributed by atoms with Crippen molar-refractivity contribution in [2.75, 3.05) is 18.5 Å². The molecule has 0 saturated carbocycles. The second-order valence-electron chi connectivity index (χ2n) is 6.36. The van der Waals surface area contributed by atoms with Gasteiger partial charge in [-0.3, -0.25) is 10.2 Å². The molecule has 1 saturated heterocycles. The quantitative estimate of drug-likeness (QED) is 0.273. The Labute approximate surface area is 164 Å². The van der Waals surface area contributed by atoms with Crippen molar-refractivity contribution in [1.29, 1.82) is 10.7 Å². The van der Waals surface area contributed by atoms with Gasteiger partial charge in [-0.05, 0) is 24.1 Å². The lowest BCUT2D eigenvalue weighted by atomic mass is 9.96. The molecule has 3 unspecified atom stereocenters. The van der Waals surface area contributed by atoms with E-state index in [0.717, 1.165) is 12.1 Å². The second kappa shape index (κ2) is 9.40. The molecule has 0 spiro atoms. The zero-order chi connectivity index (χ0) is 21.6. The molecule has 1 amide bonds. The van der Waals surface area contributed by atoms with Crippen molar-refractivity contribution in [3.05, 3.63) is 41.6 Å². The molecule has 1 aromatic rings. The molecule has 11 heteroatoms. The van der Waals surface area contributed by atoms with E-state index in [1.807, 2.05) is 0 Å². The zero-order valence-corrected chi connectivity index (χ0v) is 15.2. The third-order valence-corrected chi connectivity index (χ3v) is 4.30. The van der Waals surface area contributed by atoms with E-state index in [1.54, 1.807) is 0 Å². The smallest absolute Gasteiger partial charge is 0.384 e. The Hall–Kier alpha value is -3.10. The largest absolute Gasteiger partial charge is 0.418 e. The minimum Gasteiger partial charge on any atom is -0.384 e. The van der Waals surface area contributed by atoms with Gasteiger partial charge < -0.3 is 26.2 Å². The molecule has 0 aromatic heterocycles. The number of carbonyl (C=O) groups is 1. The Morgan fingerprint density at radius 3 is 2.62 bits per heavy atom. The van der Waals surface area contributed by atoms with E-state index in [1.165, 1.54) is 18.3 Å². The standard InChI is InChI=1S/C18H20F3N5O3/c19-18(20,21)15(27)10-1-3-12(4-2-10)26-16(23)13(17(24)28)8-25-14-9-29-6-5-11(14)7-22/h1-4,8,11,14-15,25,27H,5-6,9H2,(H2,23,26)(H2,24,28)/b13-8+. The molecule has 156 valence electrons. The van der Waals surface area contributed by atoms with Crippen molar-refractivity contribution in [1.82, 2.24) is 5.32 Å². The summed E-state index contributed by atoms with van der Waals surface area (Å²) in [5.74, 6) is -1.63. The second-order valence-corrected chi connectivity index (χ2v) is 6.36. The Bertz CT molecular complexity index is 818. The summed E-state index contributed by atoms with van der Waals surface area (Å²) in [5.41, 5.74) is 4.95. The normalized spacial score (nSPS) is 21.0. The minimum atomic E-state index is -4.79. The van der Waals surface area contributed by atoms with Crippen LogP contribution < -0.4 is 16.4 Å². The molecular weight excluding hydrogens is 391 g/mol. The fourth-order valence-electron chi connectivity index (χ4n) is 2.66. The lowest BCUT2D eigenvalue weighted by Gasteiger charge is -2.27. The van der Waals surface area contributed by atoms with Gasteiger partial charge in [0.15, 0.2) is 6.10 Å². The van der Waals surface area contributed by atoms with Crippen LogP contribution in [-0.4, -0.2) is 42.3 Å². The number of rotatable bonds is 6. The topological polar surface area (TPSA) is 144 Å². The van der Waals surface area contributed by atoms with Gasteiger partial charge in [0, 0.05) is 18.5 Å². The maximum Gasteiger partial charge on any atom is 0.418 e. The van der Waals surface area contributed by atoms with Gasteiger partial charge in [-0.2, -0.15) is 18.4 Å². The van der Waals surface area contributed by atoms with Crippen molar-refractivity contribution < 1.29 is 27.8 Å². The first kappa shape index (κ1) is 22.2. The first-order chi connectivity index (χ1) is 13.6. The Morgan fingerprint density at radius 1 is 1.41 bits per heavy atom. The molecule has 0 radical (unpaired) electrons. The molecule has 3 atom stereocenters. The highest BCUT2D eigenvalue weighted by molar-refractivity contribution is 6.23. The van der Waals surface area contributed by atoms with Crippen LogP contribution in [0.3, 0.4) is 0 Å². The van der Waals surface area contributed by atoms with Crippen molar-refractivity contribution >= 4 is 17.4 Å². The van der Waals surface area contributed by atoms with Gasteiger partial charge in [0.05, 0.1) is 30.2 Å². The summed E-state index contributed by atoms with van der Waals surface area (Å²) in [6, 6.07) is 6.33. The number of amidine groups is 1. The minimum absolute atomic E-state index is 0.216. The molecule has 1 heterocycles. The molecule has 1 aliphatic rings. The van der Waals surface area contributed by atoms with E-state index < -0.39 is 18.2 Å². The first-order valence-corrected chi connectivity index (χ1v) is 8.57. The van der Waals surface area contributed by atoms with Crippen LogP contribution in [0.5, 0.6) is 0 Å². The predicted octanol–water partition coefficient (Wildman–Crippen LogP) is 1.56. The number of anilines is 1. The fraction of sp³-hybridized carbons (Fsp3) is 0.389. The third kappa shape index (κ3) is 5.94. The number of nitrogens with one attached hydrogen (secondary N) is 3. The van der Waals surface area contributed by atoms with Crippen LogP contribution in [0.1, 0.15) is 18.1 Å². The van der Waals surface area contributed by atoms with Gasteiger partial charge >= 0.3 is 6.18 Å². The van der Waals surface area contributed by atoms with Gasteiger partial charge in [0.25, 0.3) is 5.91 Å². The number of nitriles is 1. The van der Waals surface area contributed by atoms with Crippen LogP contribution in [0.15, 0.2) is 36.0 Å². The first-order valence-electron chi connectivity index (χ1n) is 8.57. The van der Waals surface area contributed by atoms with Crippen molar-refractivity contribution in [2.24, 2.45) is 11.7 Å². The third-order valence-electron chi connectivity index (χ3n) is 4.30. The van der Waals surface area contributed by atoms with E-state index in [2.05, 4.69) is 16.7 Å². The Balaban J connectivity index is 2.07. The zero-order valence-electron chi connectivity index (χ0n) is 15.2. The fourth-order valence-corrected chi connectivity index (χ4v) is 2.66. The lowest BCUT2D eigenvalue weighted by Crippen LogP contribution is -2.41. The van der Waals surface area contributed by atoms with E-state index in [9.17, 15) is 23.1 Å². The van der Waals surface area contributed by atoms with Crippen LogP contribution in [0.4, 0.5) is 18.9 Å². The number of hydrogen-bond donors (Lipinski definition) is 5. The number of carbonyl (C=O) groups excluding carboxylic acids is 1. The monoisotopic (exact) mass is 411 g/mol. The number of alkyl halides is 3. The molecule has 1 aliphatic heterocycles. The lowest BCUT2D eigenvalue weighted by molar-refractivity contribution is -0.206. The average Bonchev–Trinajstić information content (AvgIpc) is 2.67. The SMILES string of the molecule is N#CC1CCOCC1N/C=C(\C(=N)Nc1ccc(C(O)C(F)(F)F)cc1)C(N)=O. The number of primary amides is 1. The number of benzene rings is 1. The van der Waals surface area contributed by atoms with E-state index in [4.69, 9.17) is 21.1 Å². The highest BCUT2D eigenvalue weighted by atomic mass is 19.4. The summed E-state index contributed by atoms with van der Waals surface area (Å²) >= 11 is 0. The number of halogens is 3. The number of aliphatic hydroxyl groups is 1. The van der Waals surface area contributed by atoms with Crippen molar-refractivity contribution in [3.8, 4) is 6.07 Å². The molecule has 1 aromatic carbocycles. The summed E-state index contributed by atoms with van der Waals surface area (Å²) in [6.07, 6.45) is -5.67.